The van der Waals surface area contributed by atoms with Gasteiger partial charge in [-0.05, 0) is 18.9 Å². The Morgan fingerprint density at radius 2 is 2.31 bits per heavy atom. The molecule has 0 atom stereocenters. The third-order valence-corrected chi connectivity index (χ3v) is 2.35. The van der Waals surface area contributed by atoms with Gasteiger partial charge < -0.3 is 10.8 Å². The first-order valence-corrected chi connectivity index (χ1v) is 4.20. The van der Waals surface area contributed by atoms with Crippen molar-refractivity contribution in [2.75, 3.05) is 0 Å². The second-order valence-corrected chi connectivity index (χ2v) is 3.33. The Kier molecular flexibility index (Phi) is 3.30. The van der Waals surface area contributed by atoms with Gasteiger partial charge in [0.05, 0.1) is 18.3 Å². The van der Waals surface area contributed by atoms with Crippen molar-refractivity contribution in [2.45, 2.75) is 31.5 Å². The molecule has 1 aliphatic carbocycles. The van der Waals surface area contributed by atoms with Gasteiger partial charge in [0.15, 0.2) is 0 Å². The summed E-state index contributed by atoms with van der Waals surface area (Å²) < 4.78 is 1.90. The molecule has 1 saturated carbocycles. The molecule has 0 bridgehead atoms. The van der Waals surface area contributed by atoms with E-state index in [9.17, 15) is 0 Å². The zero-order valence-electron chi connectivity index (χ0n) is 7.26. The Balaban J connectivity index is 0.000000845. The molecular formula is C8H14ClN3O. The summed E-state index contributed by atoms with van der Waals surface area (Å²) in [5, 5.41) is 13.0. The molecule has 4 nitrogen and oxygen atoms in total. The molecule has 1 aromatic heterocycles. The molecular weight excluding hydrogens is 190 g/mol. The first kappa shape index (κ1) is 10.5. The summed E-state index contributed by atoms with van der Waals surface area (Å²) in [7, 11) is 0. The smallest absolute Gasteiger partial charge is 0.0879 e. The lowest BCUT2D eigenvalue weighted by molar-refractivity contribution is 0.238. The van der Waals surface area contributed by atoms with E-state index in [2.05, 4.69) is 5.10 Å². The number of aliphatic hydroxyl groups excluding tert-OH is 1. The maximum absolute atomic E-state index is 8.77. The van der Waals surface area contributed by atoms with Crippen molar-refractivity contribution in [3.63, 3.8) is 0 Å². The quantitative estimate of drug-likeness (QED) is 0.734. The predicted octanol–water partition coefficient (Wildman–Crippen LogP) is 0.459. The number of hydrogen-bond donors (Lipinski definition) is 2. The van der Waals surface area contributed by atoms with Gasteiger partial charge in [-0.3, -0.25) is 4.68 Å². The monoisotopic (exact) mass is 203 g/mol. The van der Waals surface area contributed by atoms with E-state index in [4.69, 9.17) is 10.8 Å². The molecule has 0 radical (unpaired) electrons. The summed E-state index contributed by atoms with van der Waals surface area (Å²) in [5.74, 6) is 0. The van der Waals surface area contributed by atoms with Crippen LogP contribution >= 0.6 is 12.4 Å². The van der Waals surface area contributed by atoms with E-state index in [1.807, 2.05) is 16.9 Å². The van der Waals surface area contributed by atoms with Crippen molar-refractivity contribution in [1.29, 1.82) is 0 Å². The van der Waals surface area contributed by atoms with Gasteiger partial charge in [-0.15, -0.1) is 12.4 Å². The fourth-order valence-corrected chi connectivity index (χ4v) is 1.51. The minimum atomic E-state index is 0. The molecule has 0 aliphatic heterocycles. The normalized spacial score (nSPS) is 26.3. The largest absolute Gasteiger partial charge is 0.390 e. The van der Waals surface area contributed by atoms with E-state index >= 15 is 0 Å². The maximum atomic E-state index is 8.77. The first-order valence-electron chi connectivity index (χ1n) is 4.20. The molecule has 0 saturated heterocycles. The second-order valence-electron chi connectivity index (χ2n) is 3.33. The molecule has 2 rings (SSSR count). The standard InChI is InChI=1S/C8H13N3O.ClH/c9-6-3-8(4-6)11-2-1-7(5-12)10-11;/h1-2,6,8,12H,3-5,9H2;1H. The SMILES string of the molecule is Cl.NC1CC(n2ccc(CO)n2)C1. The Hall–Kier alpha value is -0.580. The van der Waals surface area contributed by atoms with Crippen molar-refractivity contribution in [3.8, 4) is 0 Å². The van der Waals surface area contributed by atoms with Crippen LogP contribution in [0.4, 0.5) is 0 Å². The van der Waals surface area contributed by atoms with Gasteiger partial charge in [0.25, 0.3) is 0 Å². The molecule has 3 N–H and O–H groups in total. The van der Waals surface area contributed by atoms with Crippen molar-refractivity contribution in [1.82, 2.24) is 9.78 Å². The van der Waals surface area contributed by atoms with Gasteiger partial charge in [-0.2, -0.15) is 5.10 Å². The fourth-order valence-electron chi connectivity index (χ4n) is 1.51. The zero-order chi connectivity index (χ0) is 8.55. The third-order valence-electron chi connectivity index (χ3n) is 2.35. The Morgan fingerprint density at radius 3 is 2.77 bits per heavy atom. The number of hydrogen-bond acceptors (Lipinski definition) is 3. The minimum Gasteiger partial charge on any atom is -0.390 e. The summed E-state index contributed by atoms with van der Waals surface area (Å²) in [6, 6.07) is 2.64. The van der Waals surface area contributed by atoms with Crippen molar-refractivity contribution in [2.24, 2.45) is 5.73 Å². The highest BCUT2D eigenvalue weighted by Gasteiger charge is 2.27. The van der Waals surface area contributed by atoms with E-state index < -0.39 is 0 Å². The Bertz CT molecular complexity index is 270. The molecule has 0 amide bonds. The molecule has 13 heavy (non-hydrogen) atoms. The van der Waals surface area contributed by atoms with E-state index in [1.54, 1.807) is 0 Å². The number of rotatable bonds is 2. The van der Waals surface area contributed by atoms with Crippen LogP contribution in [-0.4, -0.2) is 20.9 Å². The lowest BCUT2D eigenvalue weighted by Crippen LogP contribution is -2.37. The molecule has 74 valence electrons. The highest BCUT2D eigenvalue weighted by molar-refractivity contribution is 5.85. The maximum Gasteiger partial charge on any atom is 0.0879 e. The third kappa shape index (κ3) is 2.02. The van der Waals surface area contributed by atoms with Gasteiger partial charge in [0.2, 0.25) is 0 Å². The Labute approximate surface area is 83.1 Å². The van der Waals surface area contributed by atoms with Gasteiger partial charge in [0, 0.05) is 12.2 Å². The molecule has 0 aromatic carbocycles. The molecule has 0 spiro atoms. The number of nitrogens with two attached hydrogens (primary N) is 1. The van der Waals surface area contributed by atoms with Gasteiger partial charge in [-0.25, -0.2) is 0 Å². The van der Waals surface area contributed by atoms with Crippen LogP contribution in [0.15, 0.2) is 12.3 Å². The van der Waals surface area contributed by atoms with Crippen molar-refractivity contribution in [3.05, 3.63) is 18.0 Å². The number of aliphatic hydroxyl groups is 1. The van der Waals surface area contributed by atoms with Gasteiger partial charge in [0.1, 0.15) is 0 Å². The highest BCUT2D eigenvalue weighted by Crippen LogP contribution is 2.29. The molecule has 1 aromatic rings. The number of nitrogens with zero attached hydrogens (tertiary/aromatic N) is 2. The van der Waals surface area contributed by atoms with E-state index in [1.165, 1.54) is 0 Å². The molecule has 1 fully saturated rings. The van der Waals surface area contributed by atoms with E-state index in [-0.39, 0.29) is 19.0 Å². The second kappa shape index (κ2) is 4.09. The summed E-state index contributed by atoms with van der Waals surface area (Å²) in [6.07, 6.45) is 3.92. The van der Waals surface area contributed by atoms with Crippen LogP contribution in [0.25, 0.3) is 0 Å². The molecule has 0 unspecified atom stereocenters. The molecule has 1 heterocycles. The molecule has 5 heteroatoms. The topological polar surface area (TPSA) is 64.1 Å². The van der Waals surface area contributed by atoms with E-state index in [0.29, 0.717) is 12.1 Å². The number of aromatic nitrogens is 2. The zero-order valence-corrected chi connectivity index (χ0v) is 8.07. The lowest BCUT2D eigenvalue weighted by Gasteiger charge is -2.32. The fraction of sp³-hybridized carbons (Fsp3) is 0.625. The van der Waals surface area contributed by atoms with Gasteiger partial charge >= 0.3 is 0 Å². The first-order chi connectivity index (χ1) is 5.79. The van der Waals surface area contributed by atoms with E-state index in [0.717, 1.165) is 18.5 Å². The summed E-state index contributed by atoms with van der Waals surface area (Å²) >= 11 is 0. The van der Waals surface area contributed by atoms with Crippen molar-refractivity contribution < 1.29 is 5.11 Å². The van der Waals surface area contributed by atoms with Crippen molar-refractivity contribution >= 4 is 12.4 Å². The van der Waals surface area contributed by atoms with Gasteiger partial charge in [-0.1, -0.05) is 0 Å². The van der Waals surface area contributed by atoms with Crippen LogP contribution in [0.2, 0.25) is 0 Å². The predicted molar refractivity (Wildman–Crippen MR) is 51.6 cm³/mol. The summed E-state index contributed by atoms with van der Waals surface area (Å²) in [6.45, 7) is 0.0196. The lowest BCUT2D eigenvalue weighted by atomic mass is 9.88. The summed E-state index contributed by atoms with van der Waals surface area (Å²) in [5.41, 5.74) is 6.39. The van der Waals surface area contributed by atoms with Crippen LogP contribution in [0.5, 0.6) is 0 Å². The highest BCUT2D eigenvalue weighted by atomic mass is 35.5. The van der Waals surface area contributed by atoms with Crippen LogP contribution in [0.3, 0.4) is 0 Å². The Morgan fingerprint density at radius 1 is 1.62 bits per heavy atom. The van der Waals surface area contributed by atoms with Crippen LogP contribution in [0, 0.1) is 0 Å². The van der Waals surface area contributed by atoms with Crippen LogP contribution in [-0.2, 0) is 6.61 Å². The molecule has 1 aliphatic rings. The van der Waals surface area contributed by atoms with Crippen LogP contribution in [0.1, 0.15) is 24.6 Å². The average Bonchev–Trinajstić information content (AvgIpc) is 2.46. The average molecular weight is 204 g/mol. The minimum absolute atomic E-state index is 0. The summed E-state index contributed by atoms with van der Waals surface area (Å²) in [4.78, 5) is 0. The number of halogens is 1. The van der Waals surface area contributed by atoms with Crippen LogP contribution < -0.4 is 5.73 Å².